The van der Waals surface area contributed by atoms with E-state index in [-0.39, 0.29) is 11.4 Å². The van der Waals surface area contributed by atoms with Crippen LogP contribution in [0.15, 0.2) is 53.3 Å². The lowest BCUT2D eigenvalue weighted by Crippen LogP contribution is -2.50. The molecule has 9 nitrogen and oxygen atoms in total. The molecule has 43 heavy (non-hydrogen) atoms. The quantitative estimate of drug-likeness (QED) is 0.152. The highest BCUT2D eigenvalue weighted by atomic mass is 32.1. The molecule has 1 aliphatic heterocycles. The van der Waals surface area contributed by atoms with Crippen molar-refractivity contribution >= 4 is 43.9 Å². The molecule has 1 unspecified atom stereocenters. The second kappa shape index (κ2) is 16.7. The molecule has 4 rings (SSSR count). The molecule has 0 saturated carbocycles. The summed E-state index contributed by atoms with van der Waals surface area (Å²) >= 11 is 1.55. The summed E-state index contributed by atoms with van der Waals surface area (Å²) in [6, 6.07) is 11.1. The molecular formula is C33H45N5O4S. The summed E-state index contributed by atoms with van der Waals surface area (Å²) in [7, 11) is 1.41. The smallest absolute Gasteiger partial charge is 0.323 e. The van der Waals surface area contributed by atoms with Crippen LogP contribution in [0.1, 0.15) is 38.3 Å². The Kier molecular flexibility index (Phi) is 12.8. The van der Waals surface area contributed by atoms with Gasteiger partial charge in [0.05, 0.1) is 18.2 Å². The molecule has 2 aromatic heterocycles. The molecule has 232 valence electrons. The lowest BCUT2D eigenvalue weighted by atomic mass is 10.1. The van der Waals surface area contributed by atoms with Crippen molar-refractivity contribution in [3.63, 3.8) is 0 Å². The van der Waals surface area contributed by atoms with Gasteiger partial charge in [-0.05, 0) is 57.0 Å². The average Bonchev–Trinajstić information content (AvgIpc) is 3.00. The SMILES string of the molecule is C=C(C)CCCN1CCNCCN(C(CCC=O)C(=O)OC)CCN(Cc2ccc3c(=O)c4ccccc4sc3n2)CC1. The van der Waals surface area contributed by atoms with E-state index in [1.54, 1.807) is 11.3 Å². The van der Waals surface area contributed by atoms with E-state index < -0.39 is 6.04 Å². The van der Waals surface area contributed by atoms with E-state index in [0.29, 0.717) is 37.9 Å². The van der Waals surface area contributed by atoms with Gasteiger partial charge in [0.25, 0.3) is 0 Å². The van der Waals surface area contributed by atoms with Crippen LogP contribution in [0.5, 0.6) is 0 Å². The highest BCUT2D eigenvalue weighted by Crippen LogP contribution is 2.23. The normalized spacial score (nSPS) is 17.3. The van der Waals surface area contributed by atoms with Crippen LogP contribution < -0.4 is 10.7 Å². The fraction of sp³-hybridized carbons (Fsp3) is 0.515. The first-order chi connectivity index (χ1) is 20.9. The Bertz CT molecular complexity index is 1440. The Morgan fingerprint density at radius 2 is 1.84 bits per heavy atom. The maximum Gasteiger partial charge on any atom is 0.323 e. The molecule has 0 bridgehead atoms. The lowest BCUT2D eigenvalue weighted by molar-refractivity contribution is -0.147. The molecule has 3 aromatic rings. The van der Waals surface area contributed by atoms with Gasteiger partial charge in [-0.2, -0.15) is 0 Å². The van der Waals surface area contributed by atoms with Crippen molar-refractivity contribution in [2.45, 2.75) is 45.2 Å². The summed E-state index contributed by atoms with van der Waals surface area (Å²) < 4.78 is 6.07. The molecule has 1 aromatic carbocycles. The van der Waals surface area contributed by atoms with Gasteiger partial charge in [-0.25, -0.2) is 4.98 Å². The Labute approximate surface area is 258 Å². The van der Waals surface area contributed by atoms with Gasteiger partial charge in [0, 0.05) is 75.4 Å². The van der Waals surface area contributed by atoms with Crippen LogP contribution >= 0.6 is 11.3 Å². The minimum Gasteiger partial charge on any atom is -0.468 e. The Morgan fingerprint density at radius 1 is 1.07 bits per heavy atom. The Balaban J connectivity index is 1.57. The standard InChI is InChI=1S/C33H45N5O4S/c1-25(2)8-6-16-36-17-14-34-15-18-38(29(10-7-23-39)33(41)42-3)22-21-37(20-19-36)24-26-12-13-28-31(40)27-9-4-5-11-30(27)43-32(28)35-26/h4-5,9,11-13,23,29,34H,1,6-8,10,14-22,24H2,2-3H3. The van der Waals surface area contributed by atoms with Gasteiger partial charge >= 0.3 is 5.97 Å². The molecule has 0 spiro atoms. The molecule has 3 heterocycles. The lowest BCUT2D eigenvalue weighted by Gasteiger charge is -2.34. The van der Waals surface area contributed by atoms with Gasteiger partial charge in [-0.1, -0.05) is 17.7 Å². The number of aldehydes is 1. The van der Waals surface area contributed by atoms with Gasteiger partial charge in [-0.15, -0.1) is 17.9 Å². The summed E-state index contributed by atoms with van der Waals surface area (Å²) in [4.78, 5) is 49.8. The highest BCUT2D eigenvalue weighted by Gasteiger charge is 2.27. The van der Waals surface area contributed by atoms with Crippen LogP contribution in [0, 0.1) is 0 Å². The highest BCUT2D eigenvalue weighted by molar-refractivity contribution is 7.24. The number of carbonyl (C=O) groups excluding carboxylic acids is 2. The third kappa shape index (κ3) is 9.48. The molecule has 10 heteroatoms. The van der Waals surface area contributed by atoms with Crippen LogP contribution in [-0.2, 0) is 20.9 Å². The Hall–Kier alpha value is -3.02. The number of ether oxygens (including phenoxy) is 1. The van der Waals surface area contributed by atoms with Crippen LogP contribution in [0.3, 0.4) is 0 Å². The molecule has 1 N–H and O–H groups in total. The third-order valence-electron chi connectivity index (χ3n) is 8.05. The molecule has 1 aliphatic rings. The predicted octanol–water partition coefficient (Wildman–Crippen LogP) is 3.70. The van der Waals surface area contributed by atoms with Crippen molar-refractivity contribution in [1.82, 2.24) is 25.0 Å². The van der Waals surface area contributed by atoms with E-state index in [1.807, 2.05) is 36.4 Å². The number of pyridine rings is 1. The van der Waals surface area contributed by atoms with Crippen molar-refractivity contribution in [2.75, 3.05) is 66.0 Å². The van der Waals surface area contributed by atoms with E-state index in [9.17, 15) is 14.4 Å². The number of nitrogens with one attached hydrogen (secondary N) is 1. The van der Waals surface area contributed by atoms with Gasteiger partial charge in [0.1, 0.15) is 17.2 Å². The maximum atomic E-state index is 13.1. The van der Waals surface area contributed by atoms with E-state index in [1.165, 1.54) is 12.7 Å². The summed E-state index contributed by atoms with van der Waals surface area (Å²) in [6.07, 6.45) is 3.72. The first-order valence-electron chi connectivity index (χ1n) is 15.3. The Morgan fingerprint density at radius 3 is 2.63 bits per heavy atom. The number of rotatable bonds is 11. The number of carbonyl (C=O) groups is 2. The van der Waals surface area contributed by atoms with Crippen LogP contribution in [0.25, 0.3) is 20.3 Å². The number of nitrogens with zero attached hydrogens (tertiary/aromatic N) is 4. The maximum absolute atomic E-state index is 13.1. The zero-order chi connectivity index (χ0) is 30.6. The molecule has 0 aliphatic carbocycles. The molecule has 1 saturated heterocycles. The number of hydrogen-bond acceptors (Lipinski definition) is 10. The van der Waals surface area contributed by atoms with Crippen LogP contribution in [-0.4, -0.2) is 104 Å². The summed E-state index contributed by atoms with van der Waals surface area (Å²) in [5.41, 5.74) is 2.15. The number of esters is 1. The topological polar surface area (TPSA) is 95.1 Å². The van der Waals surface area contributed by atoms with Gasteiger partial charge in [-0.3, -0.25) is 19.4 Å². The van der Waals surface area contributed by atoms with Gasteiger partial charge in [0.15, 0.2) is 5.43 Å². The number of methoxy groups -OCH3 is 1. The third-order valence-corrected chi connectivity index (χ3v) is 9.13. The molecular weight excluding hydrogens is 562 g/mol. The minimum absolute atomic E-state index is 0.0218. The van der Waals surface area contributed by atoms with Crippen molar-refractivity contribution in [3.8, 4) is 0 Å². The number of benzene rings is 1. The molecule has 1 atom stereocenters. The van der Waals surface area contributed by atoms with Crippen molar-refractivity contribution in [2.24, 2.45) is 0 Å². The summed E-state index contributed by atoms with van der Waals surface area (Å²) in [5, 5.41) is 4.93. The van der Waals surface area contributed by atoms with E-state index in [4.69, 9.17) is 9.72 Å². The summed E-state index contributed by atoms with van der Waals surface area (Å²) in [6.45, 7) is 14.1. The fourth-order valence-corrected chi connectivity index (χ4v) is 6.68. The number of aromatic nitrogens is 1. The molecule has 0 radical (unpaired) electrons. The van der Waals surface area contributed by atoms with E-state index >= 15 is 0 Å². The van der Waals surface area contributed by atoms with E-state index in [0.717, 1.165) is 85.6 Å². The van der Waals surface area contributed by atoms with Crippen LogP contribution in [0.2, 0.25) is 0 Å². The molecule has 1 fully saturated rings. The van der Waals surface area contributed by atoms with Crippen molar-refractivity contribution in [1.29, 1.82) is 0 Å². The zero-order valence-electron chi connectivity index (χ0n) is 25.6. The molecule has 0 amide bonds. The summed E-state index contributed by atoms with van der Waals surface area (Å²) in [5.74, 6) is -0.303. The monoisotopic (exact) mass is 607 g/mol. The van der Waals surface area contributed by atoms with Crippen molar-refractivity contribution < 1.29 is 14.3 Å². The number of fused-ring (bicyclic) bond motifs is 2. The number of allylic oxidation sites excluding steroid dienone is 1. The second-order valence-electron chi connectivity index (χ2n) is 11.3. The fourth-order valence-electron chi connectivity index (χ4n) is 5.62. The predicted molar refractivity (Wildman–Crippen MR) is 175 cm³/mol. The van der Waals surface area contributed by atoms with Crippen molar-refractivity contribution in [3.05, 3.63) is 64.5 Å². The first kappa shape index (κ1) is 32.9. The average molecular weight is 608 g/mol. The van der Waals surface area contributed by atoms with Gasteiger partial charge < -0.3 is 19.7 Å². The second-order valence-corrected chi connectivity index (χ2v) is 12.4. The van der Waals surface area contributed by atoms with E-state index in [2.05, 4.69) is 33.5 Å². The van der Waals surface area contributed by atoms with Gasteiger partial charge in [0.2, 0.25) is 0 Å². The first-order valence-corrected chi connectivity index (χ1v) is 16.1. The zero-order valence-corrected chi connectivity index (χ0v) is 26.4. The van der Waals surface area contributed by atoms with Crippen LogP contribution in [0.4, 0.5) is 0 Å². The number of hydrogen-bond donors (Lipinski definition) is 1. The largest absolute Gasteiger partial charge is 0.468 e. The minimum atomic E-state index is -0.468.